The molecule has 6 aromatic rings. The van der Waals surface area contributed by atoms with E-state index in [1.165, 1.54) is 0 Å². The second-order valence-electron chi connectivity index (χ2n) is 10.9. The molecule has 6 aromatic carbocycles. The van der Waals surface area contributed by atoms with E-state index in [9.17, 15) is 36.2 Å². The van der Waals surface area contributed by atoms with E-state index in [0.29, 0.717) is 11.4 Å². The molecule has 0 aliphatic rings. The number of aryl methyl sites for hydroxylation is 2. The molecule has 48 heavy (non-hydrogen) atoms. The highest BCUT2D eigenvalue weighted by molar-refractivity contribution is 7.86. The molecule has 0 aliphatic carbocycles. The molecule has 0 amide bonds. The summed E-state index contributed by atoms with van der Waals surface area (Å²) >= 11 is 0. The molecule has 0 saturated carbocycles. The molecule has 0 unspecified atom stereocenters. The van der Waals surface area contributed by atoms with Crippen LogP contribution in [0.1, 0.15) is 11.1 Å². The van der Waals surface area contributed by atoms with Crippen LogP contribution in [0.15, 0.2) is 127 Å². The summed E-state index contributed by atoms with van der Waals surface area (Å²) in [6.45, 7) is 3.76. The normalized spacial score (nSPS) is 12.5. The first-order chi connectivity index (χ1) is 22.7. The minimum Gasteiger partial charge on any atom is -0.744 e. The molecule has 14 heteroatoms. The molecule has 0 spiro atoms. The van der Waals surface area contributed by atoms with Gasteiger partial charge in [0.05, 0.1) is 21.2 Å². The first-order valence-corrected chi connectivity index (χ1v) is 17.0. The fourth-order valence-corrected chi connectivity index (χ4v) is 6.51. The average Bonchev–Trinajstić information content (AvgIpc) is 3.03. The summed E-state index contributed by atoms with van der Waals surface area (Å²) in [5.41, 5.74) is 4.05. The Balaban J connectivity index is 1.30. The lowest BCUT2D eigenvalue weighted by Crippen LogP contribution is -2.01. The van der Waals surface area contributed by atoms with Gasteiger partial charge in [-0.25, -0.2) is 16.8 Å². The molecule has 0 saturated heterocycles. The number of phenols is 2. The van der Waals surface area contributed by atoms with Crippen molar-refractivity contribution in [1.82, 2.24) is 0 Å². The zero-order chi connectivity index (χ0) is 34.4. The van der Waals surface area contributed by atoms with E-state index in [-0.39, 0.29) is 22.2 Å². The number of azo groups is 2. The van der Waals surface area contributed by atoms with Crippen LogP contribution in [0.3, 0.4) is 0 Å². The third-order valence-electron chi connectivity index (χ3n) is 7.70. The van der Waals surface area contributed by atoms with Gasteiger partial charge in [-0.2, -0.15) is 10.2 Å². The van der Waals surface area contributed by atoms with Gasteiger partial charge in [0.2, 0.25) is 0 Å². The van der Waals surface area contributed by atoms with E-state index in [2.05, 4.69) is 20.5 Å². The molecule has 242 valence electrons. The largest absolute Gasteiger partial charge is 0.744 e. The van der Waals surface area contributed by atoms with Crippen LogP contribution < -0.4 is 0 Å². The number of aromatic hydroxyl groups is 2. The number of phenolic OH excluding ortho intramolecular Hbond substituents is 2. The molecule has 12 nitrogen and oxygen atoms in total. The van der Waals surface area contributed by atoms with Crippen LogP contribution in [0.2, 0.25) is 0 Å². The van der Waals surface area contributed by atoms with Crippen LogP contribution in [0.4, 0.5) is 22.7 Å². The first-order valence-electron chi connectivity index (χ1n) is 14.2. The van der Waals surface area contributed by atoms with Crippen LogP contribution >= 0.6 is 0 Å². The zero-order valence-electron chi connectivity index (χ0n) is 25.2. The molecule has 0 atom stereocenters. The van der Waals surface area contributed by atoms with Crippen molar-refractivity contribution >= 4 is 64.5 Å². The number of nitrogens with zero attached hydrogens (tertiary/aromatic N) is 4. The minimum absolute atomic E-state index is 0.0207. The summed E-state index contributed by atoms with van der Waals surface area (Å²) in [7, 11) is -10.1. The van der Waals surface area contributed by atoms with Gasteiger partial charge in [0.15, 0.2) is 5.75 Å². The van der Waals surface area contributed by atoms with E-state index in [4.69, 9.17) is 0 Å². The topological polar surface area (TPSA) is 204 Å². The van der Waals surface area contributed by atoms with Crippen molar-refractivity contribution in [2.24, 2.45) is 20.5 Å². The Hall–Kier alpha value is -5.54. The fourth-order valence-electron chi connectivity index (χ4n) is 5.36. The Labute approximate surface area is 274 Å². The molecule has 0 radical (unpaired) electrons. The van der Waals surface area contributed by atoms with E-state index in [0.717, 1.165) is 57.3 Å². The number of hydrogen-bond donors (Lipinski definition) is 2. The van der Waals surface area contributed by atoms with Crippen molar-refractivity contribution in [3.05, 3.63) is 108 Å². The first kappa shape index (κ1) is 32.4. The maximum absolute atomic E-state index is 12.1. The molecule has 2 N–H and O–H groups in total. The second kappa shape index (κ2) is 12.2. The summed E-state index contributed by atoms with van der Waals surface area (Å²) in [4.78, 5) is -1.60. The van der Waals surface area contributed by atoms with Gasteiger partial charge in [0.25, 0.3) is 0 Å². The lowest BCUT2D eigenvalue weighted by atomic mass is 9.96. The number of benzene rings is 6. The Kier molecular flexibility index (Phi) is 8.26. The predicted molar refractivity (Wildman–Crippen MR) is 177 cm³/mol. The van der Waals surface area contributed by atoms with Crippen molar-refractivity contribution in [2.75, 3.05) is 0 Å². The summed E-state index contributed by atoms with van der Waals surface area (Å²) < 4.78 is 70.4. The van der Waals surface area contributed by atoms with Crippen molar-refractivity contribution in [3.8, 4) is 22.6 Å². The van der Waals surface area contributed by atoms with Gasteiger partial charge in [0, 0.05) is 10.8 Å². The monoisotopic (exact) mass is 680 g/mol. The lowest BCUT2D eigenvalue weighted by molar-refractivity contribution is 0.458. The van der Waals surface area contributed by atoms with E-state index in [1.807, 2.05) is 56.3 Å². The summed E-state index contributed by atoms with van der Waals surface area (Å²) in [6, 6.07) is 25.3. The predicted octanol–water partition coefficient (Wildman–Crippen LogP) is 8.33. The van der Waals surface area contributed by atoms with Gasteiger partial charge >= 0.3 is 0 Å². The number of fused-ring (bicyclic) bond motifs is 2. The molecule has 0 aliphatic heterocycles. The summed E-state index contributed by atoms with van der Waals surface area (Å²) in [6.07, 6.45) is 0. The highest BCUT2D eigenvalue weighted by atomic mass is 32.2. The SMILES string of the molecule is Cc1cc(N=Nc2c(S(=O)(=O)[O-])cc3cc(S(=O)(=O)[O-])ccc3c2O)ccc1-c1ccc(N=Nc2c(O)ccc3ccccc23)cc1C. The molecule has 0 fully saturated rings. The molecular formula is C34H24N4O8S2-2. The third kappa shape index (κ3) is 6.37. The highest BCUT2D eigenvalue weighted by Gasteiger charge is 2.19. The molecule has 0 bridgehead atoms. The minimum atomic E-state index is -5.21. The van der Waals surface area contributed by atoms with Gasteiger partial charge in [-0.05, 0) is 101 Å². The van der Waals surface area contributed by atoms with Crippen LogP contribution in [0.25, 0.3) is 32.7 Å². The van der Waals surface area contributed by atoms with Crippen LogP contribution in [0, 0.1) is 13.8 Å². The Morgan fingerprint density at radius 1 is 0.562 bits per heavy atom. The standard InChI is InChI=1S/C34H26N4O8S2/c1-19-15-23(35-37-32-28-6-4-3-5-21(28)7-14-30(32)39)8-11-26(19)27-12-9-24(16-20(27)2)36-38-33-31(48(44,45)46)18-22-17-25(47(41,42)43)10-13-29(22)34(33)40/h3-18,39-40H,1-2H3,(H,41,42,43)(H,44,45,46)/p-2. The van der Waals surface area contributed by atoms with E-state index < -0.39 is 41.5 Å². The van der Waals surface area contributed by atoms with Crippen LogP contribution in [0.5, 0.6) is 11.5 Å². The quantitative estimate of drug-likeness (QED) is 0.123. The van der Waals surface area contributed by atoms with E-state index in [1.54, 1.807) is 30.3 Å². The highest BCUT2D eigenvalue weighted by Crippen LogP contribution is 2.42. The maximum atomic E-state index is 12.1. The fraction of sp³-hybridized carbons (Fsp3) is 0.0588. The van der Waals surface area contributed by atoms with Gasteiger partial charge in [-0.3, -0.25) is 0 Å². The van der Waals surface area contributed by atoms with Gasteiger partial charge in [-0.15, -0.1) is 10.2 Å². The number of rotatable bonds is 7. The van der Waals surface area contributed by atoms with Gasteiger partial charge in [-0.1, -0.05) is 42.5 Å². The third-order valence-corrected chi connectivity index (χ3v) is 9.38. The van der Waals surface area contributed by atoms with Gasteiger partial charge in [0.1, 0.15) is 37.4 Å². The smallest absolute Gasteiger partial charge is 0.152 e. The molecular weight excluding hydrogens is 657 g/mol. The number of hydrogen-bond acceptors (Lipinski definition) is 12. The van der Waals surface area contributed by atoms with Crippen molar-refractivity contribution < 1.29 is 36.2 Å². The van der Waals surface area contributed by atoms with Crippen molar-refractivity contribution in [1.29, 1.82) is 0 Å². The summed E-state index contributed by atoms with van der Waals surface area (Å²) in [5.74, 6) is -0.704. The van der Waals surface area contributed by atoms with Crippen molar-refractivity contribution in [3.63, 3.8) is 0 Å². The average molecular weight is 681 g/mol. The Morgan fingerprint density at radius 3 is 1.75 bits per heavy atom. The summed E-state index contributed by atoms with van der Waals surface area (Å²) in [5, 5.41) is 39.3. The molecule has 6 rings (SSSR count). The van der Waals surface area contributed by atoms with E-state index >= 15 is 0 Å². The second-order valence-corrected chi connectivity index (χ2v) is 13.6. The Morgan fingerprint density at radius 2 is 1.17 bits per heavy atom. The maximum Gasteiger partial charge on any atom is 0.152 e. The molecule has 0 aromatic heterocycles. The van der Waals surface area contributed by atoms with Crippen molar-refractivity contribution in [2.45, 2.75) is 23.6 Å². The van der Waals surface area contributed by atoms with Crippen LogP contribution in [-0.2, 0) is 20.2 Å². The van der Waals surface area contributed by atoms with Gasteiger partial charge < -0.3 is 19.3 Å². The Bertz CT molecular complexity index is 2570. The van der Waals surface area contributed by atoms with Crippen LogP contribution in [-0.4, -0.2) is 36.2 Å². The lowest BCUT2D eigenvalue weighted by Gasteiger charge is -2.15. The molecule has 0 heterocycles. The zero-order valence-corrected chi connectivity index (χ0v) is 26.8.